The van der Waals surface area contributed by atoms with Crippen molar-refractivity contribution in [1.29, 1.82) is 0 Å². The Labute approximate surface area is 144 Å². The van der Waals surface area contributed by atoms with Crippen molar-refractivity contribution in [3.05, 3.63) is 22.8 Å². The van der Waals surface area contributed by atoms with Crippen molar-refractivity contribution in [2.75, 3.05) is 19.5 Å². The number of aliphatic carboxylic acids is 1. The van der Waals surface area contributed by atoms with Gasteiger partial charge in [-0.1, -0.05) is 5.16 Å². The molecule has 0 aromatic carbocycles. The fourth-order valence-electron chi connectivity index (χ4n) is 2.44. The molecule has 11 nitrogen and oxygen atoms in total. The Morgan fingerprint density at radius 3 is 2.96 bits per heavy atom. The van der Waals surface area contributed by atoms with E-state index in [2.05, 4.69) is 20.3 Å². The van der Waals surface area contributed by atoms with Crippen molar-refractivity contribution >= 4 is 40.0 Å². The van der Waals surface area contributed by atoms with Crippen molar-refractivity contribution in [3.8, 4) is 0 Å². The van der Waals surface area contributed by atoms with E-state index in [0.717, 1.165) is 16.2 Å². The molecule has 0 unspecified atom stereocenters. The van der Waals surface area contributed by atoms with Crippen LogP contribution in [0.4, 0.5) is 5.13 Å². The molecule has 2 aliphatic rings. The monoisotopic (exact) mass is 367 g/mol. The van der Waals surface area contributed by atoms with Crippen molar-refractivity contribution in [2.45, 2.75) is 12.3 Å². The predicted molar refractivity (Wildman–Crippen MR) is 84.3 cm³/mol. The molecule has 0 radical (unpaired) electrons. The quantitative estimate of drug-likeness (QED) is 0.330. The zero-order valence-electron chi connectivity index (χ0n) is 12.8. The molecule has 1 aromatic heterocycles. The predicted octanol–water partition coefficient (Wildman–Crippen LogP) is -1.27. The minimum atomic E-state index is -1.24. The minimum Gasteiger partial charge on any atom is -0.477 e. The lowest BCUT2D eigenvalue weighted by Crippen LogP contribution is -2.72. The summed E-state index contributed by atoms with van der Waals surface area (Å²) in [6, 6.07) is -1.03. The van der Waals surface area contributed by atoms with Crippen molar-refractivity contribution in [1.82, 2.24) is 15.2 Å². The molecule has 132 valence electrons. The first-order valence-corrected chi connectivity index (χ1v) is 7.83. The molecule has 1 aromatic rings. The van der Waals surface area contributed by atoms with E-state index >= 15 is 0 Å². The van der Waals surface area contributed by atoms with Gasteiger partial charge in [-0.2, -0.15) is 0 Å². The molecular formula is C13H13N5O6S. The number of carbonyl (C=O) groups is 3. The lowest BCUT2D eigenvalue weighted by molar-refractivity contribution is -0.183. The number of nitrogen functional groups attached to an aromatic ring is 1. The number of carboxylic acids is 1. The summed E-state index contributed by atoms with van der Waals surface area (Å²) in [6.45, 7) is 0.0179. The number of aromatic nitrogens is 1. The molecule has 12 heteroatoms. The third-order valence-electron chi connectivity index (χ3n) is 3.51. The number of nitrogens with one attached hydrogen (secondary N) is 1. The van der Waals surface area contributed by atoms with Crippen LogP contribution in [0.3, 0.4) is 0 Å². The molecule has 0 spiro atoms. The fourth-order valence-corrected chi connectivity index (χ4v) is 2.99. The highest BCUT2D eigenvalue weighted by Gasteiger charge is 2.53. The highest BCUT2D eigenvalue weighted by molar-refractivity contribution is 7.13. The fraction of sp³-hybridized carbons (Fsp3) is 0.308. The van der Waals surface area contributed by atoms with Gasteiger partial charge in [-0.05, 0) is 6.08 Å². The normalized spacial score (nSPS) is 22.6. The number of hydrogen-bond donors (Lipinski definition) is 3. The van der Waals surface area contributed by atoms with E-state index in [1.165, 1.54) is 18.6 Å². The summed E-state index contributed by atoms with van der Waals surface area (Å²) >= 11 is 1.11. The number of ether oxygens (including phenoxy) is 1. The zero-order chi connectivity index (χ0) is 18.1. The Hall–Kier alpha value is -2.99. The number of amides is 2. The summed E-state index contributed by atoms with van der Waals surface area (Å²) in [6.07, 6.45) is 0.391. The second kappa shape index (κ2) is 6.49. The van der Waals surface area contributed by atoms with Crippen LogP contribution in [0.25, 0.3) is 0 Å². The number of rotatable bonds is 5. The van der Waals surface area contributed by atoms with Crippen molar-refractivity contribution in [2.24, 2.45) is 5.16 Å². The van der Waals surface area contributed by atoms with Crippen LogP contribution in [0, 0.1) is 0 Å². The van der Waals surface area contributed by atoms with Crippen molar-refractivity contribution < 1.29 is 29.1 Å². The van der Waals surface area contributed by atoms with Gasteiger partial charge >= 0.3 is 5.97 Å². The van der Waals surface area contributed by atoms with Gasteiger partial charge in [0.15, 0.2) is 23.1 Å². The molecule has 1 fully saturated rings. The van der Waals surface area contributed by atoms with Crippen LogP contribution in [0.1, 0.15) is 5.69 Å². The highest BCUT2D eigenvalue weighted by atomic mass is 32.1. The Balaban J connectivity index is 1.75. The molecule has 0 bridgehead atoms. The van der Waals surface area contributed by atoms with E-state index in [1.54, 1.807) is 0 Å². The third-order valence-corrected chi connectivity index (χ3v) is 4.19. The Bertz CT molecular complexity index is 803. The Morgan fingerprint density at radius 1 is 1.60 bits per heavy atom. The lowest BCUT2D eigenvalue weighted by Gasteiger charge is -2.47. The van der Waals surface area contributed by atoms with Gasteiger partial charge in [0.1, 0.15) is 18.5 Å². The van der Waals surface area contributed by atoms with Gasteiger partial charge in [-0.25, -0.2) is 9.78 Å². The number of fused-ring (bicyclic) bond motifs is 1. The Kier molecular flexibility index (Phi) is 4.37. The number of oxime groups is 1. The van der Waals surface area contributed by atoms with Gasteiger partial charge < -0.3 is 25.7 Å². The maximum absolute atomic E-state index is 12.4. The number of anilines is 1. The second-order valence-electron chi connectivity index (χ2n) is 4.97. The number of carbonyl (C=O) groups excluding carboxylic acids is 2. The van der Waals surface area contributed by atoms with Crippen LogP contribution >= 0.6 is 11.3 Å². The van der Waals surface area contributed by atoms with E-state index in [1.807, 2.05) is 0 Å². The molecule has 3 heterocycles. The minimum absolute atomic E-state index is 0.0179. The molecule has 3 rings (SSSR count). The van der Waals surface area contributed by atoms with E-state index in [-0.39, 0.29) is 28.8 Å². The van der Waals surface area contributed by atoms with Crippen LogP contribution in [-0.2, 0) is 24.0 Å². The standard InChI is InChI=1S/C13H13N5O6S/c1-23-17-7(5-4-25-13(14)15-5)9(19)16-8-10(20)18-6(12(21)22)2-3-24-11(8)18/h2,4,8,11H,3H2,1H3,(H2,14,15)(H,16,19)(H,21,22)/b17-7+/t8-,11-/m1/s1. The lowest BCUT2D eigenvalue weighted by atomic mass is 10.0. The molecule has 25 heavy (non-hydrogen) atoms. The number of thiazole rings is 1. The summed E-state index contributed by atoms with van der Waals surface area (Å²) in [7, 11) is 1.26. The summed E-state index contributed by atoms with van der Waals surface area (Å²) in [5, 5.41) is 16.9. The smallest absolute Gasteiger partial charge is 0.352 e. The van der Waals surface area contributed by atoms with E-state index < -0.39 is 30.1 Å². The van der Waals surface area contributed by atoms with Gasteiger partial charge in [0.2, 0.25) is 0 Å². The van der Waals surface area contributed by atoms with Crippen LogP contribution in [0.2, 0.25) is 0 Å². The van der Waals surface area contributed by atoms with Crippen LogP contribution in [0.5, 0.6) is 0 Å². The number of nitrogens with two attached hydrogens (primary N) is 1. The zero-order valence-corrected chi connectivity index (χ0v) is 13.6. The number of hydrogen-bond acceptors (Lipinski definition) is 9. The first kappa shape index (κ1) is 16.9. The molecule has 4 N–H and O–H groups in total. The average Bonchev–Trinajstić information content (AvgIpc) is 3.02. The largest absolute Gasteiger partial charge is 0.477 e. The molecule has 0 saturated carbocycles. The summed E-state index contributed by atoms with van der Waals surface area (Å²) in [4.78, 5) is 45.3. The number of nitrogens with zero attached hydrogens (tertiary/aromatic N) is 3. The summed E-state index contributed by atoms with van der Waals surface area (Å²) < 4.78 is 5.34. The highest BCUT2D eigenvalue weighted by Crippen LogP contribution is 2.29. The van der Waals surface area contributed by atoms with Crippen LogP contribution in [-0.4, -0.2) is 64.5 Å². The molecular weight excluding hydrogens is 354 g/mol. The second-order valence-corrected chi connectivity index (χ2v) is 5.86. The first-order valence-electron chi connectivity index (χ1n) is 6.95. The topological polar surface area (TPSA) is 156 Å². The van der Waals surface area contributed by atoms with Crippen molar-refractivity contribution in [3.63, 3.8) is 0 Å². The molecule has 2 aliphatic heterocycles. The summed E-state index contributed by atoms with van der Waals surface area (Å²) in [5.41, 5.74) is 5.40. The number of β-lactam (4-membered cyclic amide) rings is 1. The molecule has 0 aliphatic carbocycles. The average molecular weight is 367 g/mol. The maximum Gasteiger partial charge on any atom is 0.352 e. The first-order chi connectivity index (χ1) is 11.9. The molecule has 2 atom stereocenters. The van der Waals surface area contributed by atoms with Gasteiger partial charge in [0.25, 0.3) is 11.8 Å². The Morgan fingerprint density at radius 2 is 2.36 bits per heavy atom. The number of carboxylic acid groups (broad SMARTS) is 1. The van der Waals surface area contributed by atoms with Gasteiger partial charge in [0, 0.05) is 5.38 Å². The van der Waals surface area contributed by atoms with Gasteiger partial charge in [-0.15, -0.1) is 11.3 Å². The van der Waals surface area contributed by atoms with E-state index in [9.17, 15) is 14.4 Å². The third kappa shape index (κ3) is 2.92. The van der Waals surface area contributed by atoms with Crippen LogP contribution in [0.15, 0.2) is 22.3 Å². The van der Waals surface area contributed by atoms with Gasteiger partial charge in [-0.3, -0.25) is 14.5 Å². The molecule has 1 saturated heterocycles. The van der Waals surface area contributed by atoms with E-state index in [0.29, 0.717) is 0 Å². The maximum atomic E-state index is 12.4. The molecule has 2 amide bonds. The van der Waals surface area contributed by atoms with Gasteiger partial charge in [0.05, 0.1) is 6.61 Å². The van der Waals surface area contributed by atoms with E-state index in [4.69, 9.17) is 15.6 Å². The van der Waals surface area contributed by atoms with Crippen LogP contribution < -0.4 is 11.1 Å². The SMILES string of the molecule is CO/N=C(/C(=O)N[C@@H]1C(=O)N2C(C(=O)O)=CCO[C@H]12)c1csc(N)n1. The summed E-state index contributed by atoms with van der Waals surface area (Å²) in [5.74, 6) is -2.56.